The molecule has 0 aromatic carbocycles. The molecule has 0 saturated heterocycles. The summed E-state index contributed by atoms with van der Waals surface area (Å²) in [6, 6.07) is 0.217. The predicted molar refractivity (Wildman–Crippen MR) is 65.4 cm³/mol. The lowest BCUT2D eigenvalue weighted by atomic mass is 10.0. The molecule has 0 aliphatic heterocycles. The molecule has 1 aliphatic carbocycles. The van der Waals surface area contributed by atoms with Gasteiger partial charge in [0.1, 0.15) is 0 Å². The number of nitrogens with two attached hydrogens (primary N) is 1. The zero-order valence-electron chi connectivity index (χ0n) is 10.0. The smallest absolute Gasteiger partial charge is 0.229 e. The molecule has 1 rings (SSSR count). The van der Waals surface area contributed by atoms with Crippen LogP contribution in [-0.4, -0.2) is 16.9 Å². The van der Waals surface area contributed by atoms with Crippen molar-refractivity contribution >= 4 is 23.1 Å². The van der Waals surface area contributed by atoms with Gasteiger partial charge in [0.15, 0.2) is 0 Å². The fourth-order valence-electron chi connectivity index (χ4n) is 1.95. The lowest BCUT2D eigenvalue weighted by Crippen LogP contribution is -2.39. The second kappa shape index (κ2) is 3.44. The van der Waals surface area contributed by atoms with Crippen LogP contribution in [0.2, 0.25) is 0 Å². The van der Waals surface area contributed by atoms with Gasteiger partial charge in [0.05, 0.1) is 10.9 Å². The van der Waals surface area contributed by atoms with E-state index in [1.54, 1.807) is 6.92 Å². The number of amides is 1. The first-order valence-electron chi connectivity index (χ1n) is 5.22. The molecule has 0 heterocycles. The molecule has 1 saturated carbocycles. The number of carbonyl (C=O) groups excluding carboxylic acids is 1. The van der Waals surface area contributed by atoms with Crippen molar-refractivity contribution in [2.45, 2.75) is 40.7 Å². The minimum absolute atomic E-state index is 0.0637. The number of hydrogen-bond donors (Lipinski definition) is 2. The summed E-state index contributed by atoms with van der Waals surface area (Å²) in [4.78, 5) is 12.0. The Kier molecular flexibility index (Phi) is 2.85. The van der Waals surface area contributed by atoms with Crippen LogP contribution >= 0.6 is 12.2 Å². The Hall–Kier alpha value is -0.640. The maximum atomic E-state index is 11.7. The number of thiocarbonyl (C=S) groups is 1. The van der Waals surface area contributed by atoms with E-state index < -0.39 is 0 Å². The fraction of sp³-hybridized carbons (Fsp3) is 0.818. The van der Waals surface area contributed by atoms with Gasteiger partial charge in [-0.3, -0.25) is 4.79 Å². The van der Waals surface area contributed by atoms with Gasteiger partial charge in [0.2, 0.25) is 5.91 Å². The third-order valence-electron chi connectivity index (χ3n) is 4.13. The molecule has 0 aromatic heterocycles. The molecular weight excluding hydrogens is 208 g/mol. The molecule has 15 heavy (non-hydrogen) atoms. The summed E-state index contributed by atoms with van der Waals surface area (Å²) in [7, 11) is 0. The molecule has 1 fully saturated rings. The van der Waals surface area contributed by atoms with Crippen molar-refractivity contribution in [3.05, 3.63) is 0 Å². The van der Waals surface area contributed by atoms with Crippen LogP contribution in [0.5, 0.6) is 0 Å². The molecule has 1 aliphatic rings. The average Bonchev–Trinajstić information content (AvgIpc) is 2.46. The van der Waals surface area contributed by atoms with E-state index in [4.69, 9.17) is 18.0 Å². The van der Waals surface area contributed by atoms with Crippen LogP contribution in [0, 0.1) is 16.7 Å². The van der Waals surface area contributed by atoms with Crippen molar-refractivity contribution in [2.75, 3.05) is 0 Å². The molecule has 0 bridgehead atoms. The van der Waals surface area contributed by atoms with Gasteiger partial charge in [-0.25, -0.2) is 0 Å². The third kappa shape index (κ3) is 1.87. The molecule has 0 aromatic rings. The van der Waals surface area contributed by atoms with Gasteiger partial charge in [-0.15, -0.1) is 0 Å². The SMILES string of the molecule is CC(C(=O)NC1C(C)(C)C1(C)C)C(N)=S. The Balaban J connectivity index is 2.60. The topological polar surface area (TPSA) is 55.1 Å². The minimum Gasteiger partial charge on any atom is -0.393 e. The molecule has 1 unspecified atom stereocenters. The van der Waals surface area contributed by atoms with Gasteiger partial charge < -0.3 is 11.1 Å². The third-order valence-corrected chi connectivity index (χ3v) is 4.48. The average molecular weight is 228 g/mol. The Morgan fingerprint density at radius 3 is 2.00 bits per heavy atom. The van der Waals surface area contributed by atoms with E-state index in [0.29, 0.717) is 0 Å². The Labute approximate surface area is 96.8 Å². The van der Waals surface area contributed by atoms with Gasteiger partial charge in [0, 0.05) is 6.04 Å². The highest BCUT2D eigenvalue weighted by molar-refractivity contribution is 7.80. The largest absolute Gasteiger partial charge is 0.393 e. The lowest BCUT2D eigenvalue weighted by molar-refractivity contribution is -0.123. The number of nitrogens with one attached hydrogen (secondary N) is 1. The molecule has 1 amide bonds. The number of rotatable bonds is 3. The highest BCUT2D eigenvalue weighted by Crippen LogP contribution is 2.62. The normalized spacial score (nSPS) is 24.3. The number of hydrogen-bond acceptors (Lipinski definition) is 2. The van der Waals surface area contributed by atoms with Crippen LogP contribution in [-0.2, 0) is 4.79 Å². The molecule has 3 N–H and O–H groups in total. The van der Waals surface area contributed by atoms with Crippen molar-refractivity contribution in [1.29, 1.82) is 0 Å². The van der Waals surface area contributed by atoms with Crippen molar-refractivity contribution in [3.63, 3.8) is 0 Å². The van der Waals surface area contributed by atoms with Crippen LogP contribution in [0.3, 0.4) is 0 Å². The highest BCUT2D eigenvalue weighted by atomic mass is 32.1. The van der Waals surface area contributed by atoms with Gasteiger partial charge in [-0.2, -0.15) is 0 Å². The summed E-state index contributed by atoms with van der Waals surface area (Å²) in [6.45, 7) is 10.4. The molecule has 0 spiro atoms. The monoisotopic (exact) mass is 228 g/mol. The van der Waals surface area contributed by atoms with Gasteiger partial charge in [0.25, 0.3) is 0 Å². The molecular formula is C11H20N2OS. The van der Waals surface area contributed by atoms with E-state index in [9.17, 15) is 4.79 Å². The van der Waals surface area contributed by atoms with Crippen molar-refractivity contribution in [3.8, 4) is 0 Å². The fourth-order valence-corrected chi connectivity index (χ4v) is 2.06. The van der Waals surface area contributed by atoms with E-state index in [0.717, 1.165) is 0 Å². The van der Waals surface area contributed by atoms with Gasteiger partial charge >= 0.3 is 0 Å². The van der Waals surface area contributed by atoms with Crippen molar-refractivity contribution < 1.29 is 4.79 Å². The first kappa shape index (κ1) is 12.4. The first-order chi connectivity index (χ1) is 6.62. The van der Waals surface area contributed by atoms with Crippen LogP contribution in [0.25, 0.3) is 0 Å². The van der Waals surface area contributed by atoms with Crippen LogP contribution in [0.15, 0.2) is 0 Å². The van der Waals surface area contributed by atoms with E-state index in [-0.39, 0.29) is 33.7 Å². The minimum atomic E-state index is -0.382. The quantitative estimate of drug-likeness (QED) is 0.719. The van der Waals surface area contributed by atoms with Crippen molar-refractivity contribution in [1.82, 2.24) is 5.32 Å². The van der Waals surface area contributed by atoms with Crippen LogP contribution in [0.1, 0.15) is 34.6 Å². The highest BCUT2D eigenvalue weighted by Gasteiger charge is 2.65. The van der Waals surface area contributed by atoms with E-state index in [2.05, 4.69) is 33.0 Å². The zero-order chi connectivity index (χ0) is 12.0. The lowest BCUT2D eigenvalue weighted by Gasteiger charge is -2.11. The summed E-state index contributed by atoms with van der Waals surface area (Å²) in [5.74, 6) is -0.446. The van der Waals surface area contributed by atoms with E-state index in [1.165, 1.54) is 0 Å². The Morgan fingerprint density at radius 2 is 1.73 bits per heavy atom. The molecule has 3 nitrogen and oxygen atoms in total. The van der Waals surface area contributed by atoms with Crippen LogP contribution in [0.4, 0.5) is 0 Å². The second-order valence-corrected chi connectivity index (χ2v) is 5.98. The summed E-state index contributed by atoms with van der Waals surface area (Å²) in [6.07, 6.45) is 0. The first-order valence-corrected chi connectivity index (χ1v) is 5.63. The van der Waals surface area contributed by atoms with Gasteiger partial charge in [-0.05, 0) is 17.8 Å². The number of carbonyl (C=O) groups is 1. The summed E-state index contributed by atoms with van der Waals surface area (Å²) in [5.41, 5.74) is 5.74. The summed E-state index contributed by atoms with van der Waals surface area (Å²) < 4.78 is 0. The van der Waals surface area contributed by atoms with E-state index in [1.807, 2.05) is 0 Å². The molecule has 1 atom stereocenters. The molecule has 4 heteroatoms. The standard InChI is InChI=1S/C11H20N2OS/c1-6(7(12)15)8(14)13-9-10(2,3)11(9,4)5/h6,9H,1-5H3,(H2,12,15)(H,13,14). The maximum Gasteiger partial charge on any atom is 0.229 e. The van der Waals surface area contributed by atoms with Crippen molar-refractivity contribution in [2.24, 2.45) is 22.5 Å². The van der Waals surface area contributed by atoms with Gasteiger partial charge in [-0.1, -0.05) is 39.9 Å². The Bertz CT molecular complexity index is 296. The Morgan fingerprint density at radius 1 is 1.33 bits per heavy atom. The molecule has 86 valence electrons. The molecule has 0 radical (unpaired) electrons. The van der Waals surface area contributed by atoms with Crippen LogP contribution < -0.4 is 11.1 Å². The summed E-state index contributed by atoms with van der Waals surface area (Å²) in [5, 5.41) is 3.01. The van der Waals surface area contributed by atoms with E-state index >= 15 is 0 Å². The predicted octanol–water partition coefficient (Wildman–Crippen LogP) is 1.46. The summed E-state index contributed by atoms with van der Waals surface area (Å²) >= 11 is 4.80. The maximum absolute atomic E-state index is 11.7. The zero-order valence-corrected chi connectivity index (χ0v) is 10.9. The second-order valence-electron chi connectivity index (χ2n) is 5.51.